The number of hydrogen-bond acceptors (Lipinski definition) is 4. The van der Waals surface area contributed by atoms with E-state index in [9.17, 15) is 9.59 Å². The molecule has 0 aromatic carbocycles. The largest absolute Gasteiger partial charge is 0.494 e. The minimum Gasteiger partial charge on any atom is -0.494 e. The number of pyridine rings is 1. The maximum atomic E-state index is 12.1. The monoisotopic (exact) mass is 285 g/mol. The molecular formula is C15H15N3O3. The molecule has 0 unspecified atom stereocenters. The van der Waals surface area contributed by atoms with Gasteiger partial charge >= 0.3 is 0 Å². The number of primary amides is 1. The summed E-state index contributed by atoms with van der Waals surface area (Å²) in [6, 6.07) is 1.73. The van der Waals surface area contributed by atoms with Gasteiger partial charge in [0.2, 0.25) is 0 Å². The van der Waals surface area contributed by atoms with Crippen molar-refractivity contribution in [3.8, 4) is 11.4 Å². The van der Waals surface area contributed by atoms with Crippen LogP contribution in [0, 0.1) is 0 Å². The van der Waals surface area contributed by atoms with Gasteiger partial charge in [0, 0.05) is 30.6 Å². The zero-order valence-electron chi connectivity index (χ0n) is 11.6. The summed E-state index contributed by atoms with van der Waals surface area (Å²) in [6.45, 7) is 0. The Kier molecular flexibility index (Phi) is 3.21. The molecule has 21 heavy (non-hydrogen) atoms. The lowest BCUT2D eigenvalue weighted by Crippen LogP contribution is -2.18. The zero-order chi connectivity index (χ0) is 15.0. The van der Waals surface area contributed by atoms with Gasteiger partial charge in [-0.2, -0.15) is 0 Å². The van der Waals surface area contributed by atoms with E-state index in [1.54, 1.807) is 36.3 Å². The number of Topliss-reactive ketones (excluding diaryl/α,β-unsaturated/α-hetero) is 1. The van der Waals surface area contributed by atoms with Crippen molar-refractivity contribution in [3.63, 3.8) is 0 Å². The van der Waals surface area contributed by atoms with Crippen LogP contribution in [0.1, 0.15) is 39.3 Å². The molecule has 0 saturated heterocycles. The number of carbonyl (C=O) groups is 2. The van der Waals surface area contributed by atoms with E-state index in [0.29, 0.717) is 29.8 Å². The number of nitrogens with two attached hydrogens (primary N) is 1. The van der Waals surface area contributed by atoms with Crippen molar-refractivity contribution in [2.75, 3.05) is 7.11 Å². The van der Waals surface area contributed by atoms with Crippen LogP contribution in [-0.4, -0.2) is 28.4 Å². The number of ether oxygens (including phenoxy) is 1. The number of fused-ring (bicyclic) bond motifs is 1. The quantitative estimate of drug-likeness (QED) is 0.925. The summed E-state index contributed by atoms with van der Waals surface area (Å²) in [5.74, 6) is -0.00777. The number of methoxy groups -OCH3 is 1. The number of rotatable bonds is 3. The molecule has 1 aliphatic rings. The second-order valence-corrected chi connectivity index (χ2v) is 4.92. The highest BCUT2D eigenvalue weighted by Gasteiger charge is 2.28. The smallest absolute Gasteiger partial charge is 0.251 e. The van der Waals surface area contributed by atoms with E-state index in [4.69, 9.17) is 10.5 Å². The van der Waals surface area contributed by atoms with Crippen molar-refractivity contribution < 1.29 is 14.3 Å². The topological polar surface area (TPSA) is 87.2 Å². The highest BCUT2D eigenvalue weighted by molar-refractivity contribution is 6.09. The molecule has 1 amide bonds. The van der Waals surface area contributed by atoms with E-state index < -0.39 is 5.91 Å². The molecule has 2 aromatic heterocycles. The predicted octanol–water partition coefficient (Wildman–Crippen LogP) is 1.50. The van der Waals surface area contributed by atoms with Crippen LogP contribution in [0.3, 0.4) is 0 Å². The molecule has 0 atom stereocenters. The third kappa shape index (κ3) is 2.08. The lowest BCUT2D eigenvalue weighted by Gasteiger charge is -2.16. The van der Waals surface area contributed by atoms with Crippen molar-refractivity contribution in [1.29, 1.82) is 0 Å². The fourth-order valence-corrected chi connectivity index (χ4v) is 2.77. The highest BCUT2D eigenvalue weighted by Crippen LogP contribution is 2.31. The Morgan fingerprint density at radius 3 is 2.95 bits per heavy atom. The van der Waals surface area contributed by atoms with Gasteiger partial charge in [-0.1, -0.05) is 0 Å². The number of hydrogen-bond donors (Lipinski definition) is 1. The van der Waals surface area contributed by atoms with Gasteiger partial charge in [0.05, 0.1) is 24.4 Å². The van der Waals surface area contributed by atoms with Gasteiger partial charge in [0.1, 0.15) is 11.4 Å². The molecule has 108 valence electrons. The number of nitrogens with zero attached hydrogens (tertiary/aromatic N) is 2. The first kappa shape index (κ1) is 13.4. The number of amides is 1. The van der Waals surface area contributed by atoms with Crippen LogP contribution in [0.25, 0.3) is 5.69 Å². The van der Waals surface area contributed by atoms with Crippen molar-refractivity contribution >= 4 is 11.7 Å². The van der Waals surface area contributed by atoms with Crippen molar-refractivity contribution in [2.24, 2.45) is 5.73 Å². The zero-order valence-corrected chi connectivity index (χ0v) is 11.6. The van der Waals surface area contributed by atoms with Gasteiger partial charge in [-0.3, -0.25) is 14.6 Å². The summed E-state index contributed by atoms with van der Waals surface area (Å²) in [7, 11) is 1.56. The molecule has 0 saturated carbocycles. The van der Waals surface area contributed by atoms with E-state index in [-0.39, 0.29) is 11.3 Å². The predicted molar refractivity (Wildman–Crippen MR) is 75.9 cm³/mol. The van der Waals surface area contributed by atoms with Gasteiger partial charge in [0.25, 0.3) is 5.91 Å². The van der Waals surface area contributed by atoms with Crippen LogP contribution < -0.4 is 10.5 Å². The van der Waals surface area contributed by atoms with Gasteiger partial charge in [-0.05, 0) is 12.8 Å². The van der Waals surface area contributed by atoms with Crippen LogP contribution >= 0.6 is 0 Å². The van der Waals surface area contributed by atoms with Crippen molar-refractivity contribution in [1.82, 2.24) is 9.55 Å². The number of ketones is 1. The molecule has 2 heterocycles. The summed E-state index contributed by atoms with van der Waals surface area (Å²) >= 11 is 0. The summed E-state index contributed by atoms with van der Waals surface area (Å²) in [5.41, 5.74) is 7.61. The fourth-order valence-electron chi connectivity index (χ4n) is 2.77. The first-order chi connectivity index (χ1) is 10.1. The molecule has 0 fully saturated rings. The Morgan fingerprint density at radius 2 is 2.24 bits per heavy atom. The van der Waals surface area contributed by atoms with Gasteiger partial charge in [0.15, 0.2) is 5.78 Å². The van der Waals surface area contributed by atoms with E-state index >= 15 is 0 Å². The van der Waals surface area contributed by atoms with Gasteiger partial charge in [-0.15, -0.1) is 0 Å². The molecule has 0 spiro atoms. The second kappa shape index (κ2) is 5.05. The first-order valence-corrected chi connectivity index (χ1v) is 6.69. The summed E-state index contributed by atoms with van der Waals surface area (Å²) in [4.78, 5) is 27.9. The normalized spacial score (nSPS) is 13.9. The lowest BCUT2D eigenvalue weighted by atomic mass is 9.93. The van der Waals surface area contributed by atoms with E-state index in [1.165, 1.54) is 0 Å². The second-order valence-electron chi connectivity index (χ2n) is 4.92. The molecule has 0 radical (unpaired) electrons. The molecule has 1 aliphatic carbocycles. The minimum atomic E-state index is -0.594. The Morgan fingerprint density at radius 1 is 1.43 bits per heavy atom. The number of aromatic nitrogens is 2. The lowest BCUT2D eigenvalue weighted by molar-refractivity contribution is 0.0950. The molecule has 2 aromatic rings. The molecule has 6 heteroatoms. The standard InChI is InChI=1S/C15H15N3O3/c1-21-13-5-6-17-7-11(13)18-8-9(15(16)20)14-10(18)3-2-4-12(14)19/h5-8H,2-4H2,1H3,(H2,16,20). The Bertz CT molecular complexity index is 734. The van der Waals surface area contributed by atoms with Crippen LogP contribution in [0.4, 0.5) is 0 Å². The Labute approximate surface area is 121 Å². The molecular weight excluding hydrogens is 270 g/mol. The molecule has 2 N–H and O–H groups in total. The molecule has 6 nitrogen and oxygen atoms in total. The summed E-state index contributed by atoms with van der Waals surface area (Å²) in [5, 5.41) is 0. The Hall–Kier alpha value is -2.63. The Balaban J connectivity index is 2.27. The van der Waals surface area contributed by atoms with Crippen LogP contribution in [-0.2, 0) is 6.42 Å². The maximum absolute atomic E-state index is 12.1. The third-order valence-corrected chi connectivity index (χ3v) is 3.71. The molecule has 0 bridgehead atoms. The summed E-state index contributed by atoms with van der Waals surface area (Å²) < 4.78 is 7.12. The minimum absolute atomic E-state index is 0.0355. The van der Waals surface area contributed by atoms with Crippen molar-refractivity contribution in [2.45, 2.75) is 19.3 Å². The van der Waals surface area contributed by atoms with E-state index in [0.717, 1.165) is 12.1 Å². The first-order valence-electron chi connectivity index (χ1n) is 6.69. The highest BCUT2D eigenvalue weighted by atomic mass is 16.5. The fraction of sp³-hybridized carbons (Fsp3) is 0.267. The molecule has 3 rings (SSSR count). The van der Waals surface area contributed by atoms with Crippen molar-refractivity contribution in [3.05, 3.63) is 41.5 Å². The molecule has 0 aliphatic heterocycles. The summed E-state index contributed by atoms with van der Waals surface area (Å²) in [6.07, 6.45) is 6.79. The van der Waals surface area contributed by atoms with Crippen LogP contribution in [0.5, 0.6) is 5.75 Å². The van der Waals surface area contributed by atoms with E-state index in [2.05, 4.69) is 4.98 Å². The average Bonchev–Trinajstić information content (AvgIpc) is 2.88. The maximum Gasteiger partial charge on any atom is 0.251 e. The van der Waals surface area contributed by atoms with Gasteiger partial charge < -0.3 is 15.0 Å². The average molecular weight is 285 g/mol. The number of carbonyl (C=O) groups excluding carboxylic acids is 2. The van der Waals surface area contributed by atoms with Gasteiger partial charge in [-0.25, -0.2) is 0 Å². The SMILES string of the molecule is COc1ccncc1-n1cc(C(N)=O)c2c1CCCC2=O. The van der Waals surface area contributed by atoms with E-state index in [1.807, 2.05) is 0 Å². The van der Waals surface area contributed by atoms with Crippen LogP contribution in [0.2, 0.25) is 0 Å². The van der Waals surface area contributed by atoms with Crippen LogP contribution in [0.15, 0.2) is 24.7 Å². The third-order valence-electron chi connectivity index (χ3n) is 3.71.